The van der Waals surface area contributed by atoms with Crippen molar-refractivity contribution in [3.63, 3.8) is 0 Å². The van der Waals surface area contributed by atoms with Gasteiger partial charge in [0.2, 0.25) is 0 Å². The van der Waals surface area contributed by atoms with Gasteiger partial charge in [0.15, 0.2) is 18.1 Å². The van der Waals surface area contributed by atoms with Gasteiger partial charge in [0.25, 0.3) is 0 Å². The molecule has 0 fully saturated rings. The molecule has 7 nitrogen and oxygen atoms in total. The van der Waals surface area contributed by atoms with Crippen LogP contribution in [0, 0.1) is 0 Å². The largest absolute Gasteiger partial charge is 0.387 e. The average molecular weight is 393 g/mol. The number of rotatable bonds is 4. The van der Waals surface area contributed by atoms with E-state index in [-0.39, 0.29) is 6.61 Å². The van der Waals surface area contributed by atoms with Crippen molar-refractivity contribution in [2.45, 2.75) is 26.5 Å². The Morgan fingerprint density at radius 2 is 2.18 bits per heavy atom. The molecule has 4 aromatic rings. The number of fused-ring (bicyclic) bond motifs is 5. The number of oxime groups is 1. The lowest BCUT2D eigenvalue weighted by Crippen LogP contribution is -3.08. The number of quaternary nitrogens is 1. The first-order valence-electron chi connectivity index (χ1n) is 9.37. The second kappa shape index (κ2) is 6.96. The Morgan fingerprint density at radius 3 is 3.04 bits per heavy atom. The number of hydrogen-bond acceptors (Lipinski definition) is 6. The molecule has 1 aromatic carbocycles. The maximum atomic E-state index is 5.51. The third-order valence-corrected chi connectivity index (χ3v) is 6.25. The van der Waals surface area contributed by atoms with Crippen LogP contribution in [0.4, 0.5) is 0 Å². The van der Waals surface area contributed by atoms with Crippen molar-refractivity contribution in [3.8, 4) is 0 Å². The topological polar surface area (TPSA) is 69.1 Å². The zero-order valence-electron chi connectivity index (χ0n) is 15.8. The van der Waals surface area contributed by atoms with Gasteiger partial charge in [0, 0.05) is 6.42 Å². The molecule has 5 rings (SSSR count). The third-order valence-electron chi connectivity index (χ3n) is 5.11. The number of nitrogens with one attached hydrogen (secondary N) is 1. The lowest BCUT2D eigenvalue weighted by atomic mass is 10.1. The van der Waals surface area contributed by atoms with Gasteiger partial charge in [-0.2, -0.15) is 0 Å². The minimum Gasteiger partial charge on any atom is -0.387 e. The molecule has 1 aliphatic rings. The monoisotopic (exact) mass is 393 g/mol. The van der Waals surface area contributed by atoms with Crippen LogP contribution in [0.5, 0.6) is 0 Å². The standard InChI is InChI=1S/C20H20N6OS/c1-13(14-6-4-3-5-7-14)24-27-11-17-22-19-18-15-8-9-25(2)10-16(15)28-20(18)21-12-26(19)23-17/h3-7,12H,8-11H2,1-2H3/p+1/b24-13-. The van der Waals surface area contributed by atoms with Crippen LogP contribution in [-0.2, 0) is 24.4 Å². The summed E-state index contributed by atoms with van der Waals surface area (Å²) in [6.07, 6.45) is 2.80. The van der Waals surface area contributed by atoms with E-state index in [0.717, 1.165) is 46.6 Å². The normalized spacial score (nSPS) is 17.2. The quantitative estimate of drug-likeness (QED) is 0.424. The van der Waals surface area contributed by atoms with Gasteiger partial charge in [0.1, 0.15) is 17.7 Å². The van der Waals surface area contributed by atoms with E-state index in [9.17, 15) is 0 Å². The van der Waals surface area contributed by atoms with Crippen molar-refractivity contribution in [2.24, 2.45) is 5.16 Å². The minimum absolute atomic E-state index is 0.229. The first-order valence-corrected chi connectivity index (χ1v) is 10.2. The van der Waals surface area contributed by atoms with Crippen molar-refractivity contribution < 1.29 is 9.74 Å². The Morgan fingerprint density at radius 1 is 1.32 bits per heavy atom. The highest BCUT2D eigenvalue weighted by Crippen LogP contribution is 2.33. The molecule has 0 saturated carbocycles. The highest BCUT2D eigenvalue weighted by molar-refractivity contribution is 7.19. The van der Waals surface area contributed by atoms with Gasteiger partial charge in [0.05, 0.1) is 29.6 Å². The molecule has 3 aromatic heterocycles. The van der Waals surface area contributed by atoms with Gasteiger partial charge >= 0.3 is 0 Å². The Kier molecular flexibility index (Phi) is 4.29. The molecule has 8 heteroatoms. The molecule has 1 aliphatic heterocycles. The molecule has 142 valence electrons. The fourth-order valence-corrected chi connectivity index (χ4v) is 4.93. The smallest absolute Gasteiger partial charge is 0.192 e. The van der Waals surface area contributed by atoms with Crippen LogP contribution < -0.4 is 4.90 Å². The molecule has 1 unspecified atom stereocenters. The predicted octanol–water partition coefficient (Wildman–Crippen LogP) is 1.85. The molecule has 0 spiro atoms. The Hall–Kier alpha value is -2.84. The van der Waals surface area contributed by atoms with Crippen LogP contribution in [0.1, 0.15) is 28.8 Å². The Labute approximate surface area is 166 Å². The number of benzene rings is 1. The maximum absolute atomic E-state index is 5.51. The van der Waals surface area contributed by atoms with E-state index >= 15 is 0 Å². The zero-order valence-corrected chi connectivity index (χ0v) is 16.7. The van der Waals surface area contributed by atoms with Crippen molar-refractivity contribution >= 4 is 32.9 Å². The van der Waals surface area contributed by atoms with Crippen molar-refractivity contribution in [1.29, 1.82) is 0 Å². The third kappa shape index (κ3) is 3.04. The number of likely N-dealkylation sites (N-methyl/N-ethyl adjacent to an activating group) is 1. The molecule has 0 amide bonds. The van der Waals surface area contributed by atoms with E-state index in [0.29, 0.717) is 5.82 Å². The van der Waals surface area contributed by atoms with Gasteiger partial charge in [-0.05, 0) is 18.1 Å². The lowest BCUT2D eigenvalue weighted by Gasteiger charge is -2.19. The molecule has 0 bridgehead atoms. The average Bonchev–Trinajstić information content (AvgIpc) is 3.28. The molecule has 0 aliphatic carbocycles. The van der Waals surface area contributed by atoms with Crippen molar-refractivity contribution in [1.82, 2.24) is 19.6 Å². The molecule has 28 heavy (non-hydrogen) atoms. The molecule has 1 atom stereocenters. The van der Waals surface area contributed by atoms with Gasteiger partial charge in [-0.3, -0.25) is 0 Å². The van der Waals surface area contributed by atoms with Gasteiger partial charge in [-0.25, -0.2) is 14.5 Å². The van der Waals surface area contributed by atoms with Crippen LogP contribution in [0.2, 0.25) is 0 Å². The van der Waals surface area contributed by atoms with Crippen LogP contribution >= 0.6 is 11.3 Å². The second-order valence-corrected chi connectivity index (χ2v) is 8.26. The van der Waals surface area contributed by atoms with E-state index in [2.05, 4.69) is 22.3 Å². The first-order chi connectivity index (χ1) is 13.7. The van der Waals surface area contributed by atoms with Gasteiger partial charge < -0.3 is 9.74 Å². The number of nitrogens with zero attached hydrogens (tertiary/aromatic N) is 5. The summed E-state index contributed by atoms with van der Waals surface area (Å²) in [5, 5.41) is 9.88. The van der Waals surface area contributed by atoms with Crippen LogP contribution in [0.25, 0.3) is 15.9 Å². The van der Waals surface area contributed by atoms with E-state index in [1.807, 2.05) is 37.3 Å². The van der Waals surface area contributed by atoms with E-state index in [1.165, 1.54) is 15.3 Å². The number of hydrogen-bond donors (Lipinski definition) is 1. The fraction of sp³-hybridized carbons (Fsp3) is 0.300. The van der Waals surface area contributed by atoms with Crippen molar-refractivity contribution in [2.75, 3.05) is 13.6 Å². The van der Waals surface area contributed by atoms with E-state index in [1.54, 1.807) is 22.2 Å². The predicted molar refractivity (Wildman–Crippen MR) is 109 cm³/mol. The van der Waals surface area contributed by atoms with Crippen LogP contribution in [-0.4, -0.2) is 38.9 Å². The SMILES string of the molecule is C/C(=N/OCc1nc2c3c4c(sc3ncn2n1)C[NH+](C)CC4)c1ccccc1. The van der Waals surface area contributed by atoms with Gasteiger partial charge in [-0.1, -0.05) is 35.5 Å². The molecule has 0 saturated heterocycles. The number of thiophene rings is 1. The summed E-state index contributed by atoms with van der Waals surface area (Å²) >= 11 is 1.78. The maximum Gasteiger partial charge on any atom is 0.192 e. The van der Waals surface area contributed by atoms with Gasteiger partial charge in [-0.15, -0.1) is 16.4 Å². The molecule has 1 N–H and O–H groups in total. The zero-order chi connectivity index (χ0) is 19.1. The number of aromatic nitrogens is 4. The summed E-state index contributed by atoms with van der Waals surface area (Å²) in [5.41, 5.74) is 4.12. The lowest BCUT2D eigenvalue weighted by molar-refractivity contribution is -0.895. The first kappa shape index (κ1) is 17.3. The summed E-state index contributed by atoms with van der Waals surface area (Å²) in [7, 11) is 2.24. The summed E-state index contributed by atoms with van der Waals surface area (Å²) in [4.78, 5) is 18.8. The molecular formula is C20H21N6OS+. The van der Waals surface area contributed by atoms with E-state index in [4.69, 9.17) is 9.82 Å². The Bertz CT molecular complexity index is 1180. The summed E-state index contributed by atoms with van der Waals surface area (Å²) in [5.74, 6) is 0.609. The Balaban J connectivity index is 1.43. The van der Waals surface area contributed by atoms with E-state index < -0.39 is 0 Å². The van der Waals surface area contributed by atoms with Crippen LogP contribution in [0.15, 0.2) is 41.8 Å². The summed E-state index contributed by atoms with van der Waals surface area (Å²) in [6.45, 7) is 4.35. The molecule has 4 heterocycles. The molecule has 0 radical (unpaired) electrons. The summed E-state index contributed by atoms with van der Waals surface area (Å²) in [6, 6.07) is 9.96. The molecular weight excluding hydrogens is 372 g/mol. The van der Waals surface area contributed by atoms with Crippen molar-refractivity contribution in [3.05, 3.63) is 58.5 Å². The minimum atomic E-state index is 0.229. The highest BCUT2D eigenvalue weighted by atomic mass is 32.1. The van der Waals surface area contributed by atoms with Crippen LogP contribution in [0.3, 0.4) is 0 Å². The second-order valence-electron chi connectivity index (χ2n) is 7.17. The summed E-state index contributed by atoms with van der Waals surface area (Å²) < 4.78 is 1.76. The highest BCUT2D eigenvalue weighted by Gasteiger charge is 2.24. The fourth-order valence-electron chi connectivity index (χ4n) is 3.63.